The number of para-hydroxylation sites is 1. The van der Waals surface area contributed by atoms with Crippen LogP contribution in [0.3, 0.4) is 0 Å². The molecule has 2 atom stereocenters. The molecule has 1 heterocycles. The molecule has 1 aromatic rings. The highest BCUT2D eigenvalue weighted by atomic mass is 16.3. The summed E-state index contributed by atoms with van der Waals surface area (Å²) in [4.78, 5) is 13.3. The molecule has 0 radical (unpaired) electrons. The molecule has 1 saturated heterocycles. The maximum absolute atomic E-state index is 11.2. The van der Waals surface area contributed by atoms with Crippen molar-refractivity contribution in [2.45, 2.75) is 18.9 Å². The summed E-state index contributed by atoms with van der Waals surface area (Å²) in [5.74, 6) is 0.0754. The number of aldehydes is 1. The molecule has 1 aliphatic heterocycles. The number of hydrogen-bond donors (Lipinski definition) is 1. The summed E-state index contributed by atoms with van der Waals surface area (Å²) in [6, 6.07) is 9.75. The number of anilines is 1. The van der Waals surface area contributed by atoms with E-state index in [1.807, 2.05) is 30.3 Å². The van der Waals surface area contributed by atoms with E-state index in [-0.39, 0.29) is 18.6 Å². The molecule has 1 fully saturated rings. The summed E-state index contributed by atoms with van der Waals surface area (Å²) < 4.78 is 0. The molecule has 3 nitrogen and oxygen atoms in total. The molecule has 1 aromatic carbocycles. The number of piperidine rings is 1. The Bertz CT molecular complexity index is 339. The fourth-order valence-electron chi connectivity index (χ4n) is 2.40. The van der Waals surface area contributed by atoms with E-state index in [2.05, 4.69) is 4.90 Å². The third kappa shape index (κ3) is 2.09. The van der Waals surface area contributed by atoms with E-state index in [4.69, 9.17) is 0 Å². The number of carbonyl (C=O) groups is 1. The number of carbonyl (C=O) groups excluding carboxylic acids is 1. The van der Waals surface area contributed by atoms with Gasteiger partial charge >= 0.3 is 0 Å². The van der Waals surface area contributed by atoms with Crippen LogP contribution in [0.15, 0.2) is 30.3 Å². The van der Waals surface area contributed by atoms with Crippen molar-refractivity contribution in [2.24, 2.45) is 5.92 Å². The number of rotatable bonds is 3. The molecule has 0 aliphatic carbocycles. The summed E-state index contributed by atoms with van der Waals surface area (Å²) in [5.41, 5.74) is 1.07. The van der Waals surface area contributed by atoms with Gasteiger partial charge in [-0.3, -0.25) is 0 Å². The molecule has 16 heavy (non-hydrogen) atoms. The van der Waals surface area contributed by atoms with Crippen LogP contribution in [0.1, 0.15) is 12.8 Å². The van der Waals surface area contributed by atoms with Crippen LogP contribution in [0.25, 0.3) is 0 Å². The quantitative estimate of drug-likeness (QED) is 0.782. The fourth-order valence-corrected chi connectivity index (χ4v) is 2.40. The van der Waals surface area contributed by atoms with Crippen molar-refractivity contribution in [3.63, 3.8) is 0 Å². The van der Waals surface area contributed by atoms with E-state index in [1.54, 1.807) is 0 Å². The molecular weight excluding hydrogens is 202 g/mol. The van der Waals surface area contributed by atoms with Crippen molar-refractivity contribution in [1.29, 1.82) is 0 Å². The van der Waals surface area contributed by atoms with Crippen LogP contribution in [-0.4, -0.2) is 30.6 Å². The minimum absolute atomic E-state index is 0.0754. The second kappa shape index (κ2) is 5.12. The van der Waals surface area contributed by atoms with Crippen molar-refractivity contribution >= 4 is 12.0 Å². The van der Waals surface area contributed by atoms with Gasteiger partial charge in [0, 0.05) is 24.8 Å². The average Bonchev–Trinajstić information content (AvgIpc) is 2.38. The van der Waals surface area contributed by atoms with Crippen molar-refractivity contribution in [1.82, 2.24) is 0 Å². The number of nitrogens with zero attached hydrogens (tertiary/aromatic N) is 1. The van der Waals surface area contributed by atoms with Gasteiger partial charge in [-0.2, -0.15) is 0 Å². The number of aliphatic hydroxyl groups is 1. The van der Waals surface area contributed by atoms with Gasteiger partial charge in [-0.25, -0.2) is 0 Å². The van der Waals surface area contributed by atoms with Gasteiger partial charge in [0.1, 0.15) is 6.29 Å². The molecule has 2 unspecified atom stereocenters. The van der Waals surface area contributed by atoms with E-state index < -0.39 is 0 Å². The maximum Gasteiger partial charge on any atom is 0.142 e. The van der Waals surface area contributed by atoms with E-state index in [9.17, 15) is 9.90 Å². The summed E-state index contributed by atoms with van der Waals surface area (Å²) in [5, 5.41) is 9.27. The Hall–Kier alpha value is -1.35. The lowest BCUT2D eigenvalue weighted by Gasteiger charge is -2.39. The zero-order chi connectivity index (χ0) is 11.4. The average molecular weight is 219 g/mol. The van der Waals surface area contributed by atoms with Gasteiger partial charge in [0.25, 0.3) is 0 Å². The Kier molecular flexibility index (Phi) is 3.57. The Balaban J connectivity index is 2.22. The van der Waals surface area contributed by atoms with Crippen LogP contribution >= 0.6 is 0 Å². The lowest BCUT2D eigenvalue weighted by Crippen LogP contribution is -2.47. The van der Waals surface area contributed by atoms with Crippen LogP contribution in [0.4, 0.5) is 5.69 Å². The molecule has 0 aromatic heterocycles. The van der Waals surface area contributed by atoms with Crippen molar-refractivity contribution in [3.8, 4) is 0 Å². The normalized spacial score (nSPS) is 25.4. The summed E-state index contributed by atoms with van der Waals surface area (Å²) >= 11 is 0. The molecule has 0 spiro atoms. The van der Waals surface area contributed by atoms with E-state index >= 15 is 0 Å². The first kappa shape index (κ1) is 11.1. The zero-order valence-corrected chi connectivity index (χ0v) is 9.25. The van der Waals surface area contributed by atoms with Crippen LogP contribution in [-0.2, 0) is 4.79 Å². The minimum Gasteiger partial charge on any atom is -0.396 e. The van der Waals surface area contributed by atoms with Gasteiger partial charge in [-0.05, 0) is 25.0 Å². The standard InChI is InChI=1S/C13H17NO2/c15-9-11-5-4-8-14(13(11)10-16)12-6-2-1-3-7-12/h1-3,6-7,10-11,13,15H,4-5,8-9H2. The van der Waals surface area contributed by atoms with Crippen molar-refractivity contribution in [3.05, 3.63) is 30.3 Å². The fraction of sp³-hybridized carbons (Fsp3) is 0.462. The van der Waals surface area contributed by atoms with Crippen molar-refractivity contribution in [2.75, 3.05) is 18.1 Å². The van der Waals surface area contributed by atoms with Crippen LogP contribution < -0.4 is 4.90 Å². The molecule has 1 N–H and O–H groups in total. The predicted molar refractivity (Wildman–Crippen MR) is 63.4 cm³/mol. The molecule has 3 heteroatoms. The first-order chi connectivity index (χ1) is 7.86. The van der Waals surface area contributed by atoms with Gasteiger partial charge in [0.2, 0.25) is 0 Å². The van der Waals surface area contributed by atoms with E-state index in [0.717, 1.165) is 31.4 Å². The Morgan fingerprint density at radius 2 is 2.12 bits per heavy atom. The topological polar surface area (TPSA) is 40.5 Å². The third-order valence-electron chi connectivity index (χ3n) is 3.28. The Morgan fingerprint density at radius 3 is 2.75 bits per heavy atom. The van der Waals surface area contributed by atoms with E-state index in [1.165, 1.54) is 0 Å². The third-order valence-corrected chi connectivity index (χ3v) is 3.28. The van der Waals surface area contributed by atoms with Gasteiger partial charge in [-0.1, -0.05) is 18.2 Å². The summed E-state index contributed by atoms with van der Waals surface area (Å²) in [6.07, 6.45) is 2.93. The summed E-state index contributed by atoms with van der Waals surface area (Å²) in [6.45, 7) is 0.983. The first-order valence-electron chi connectivity index (χ1n) is 5.74. The minimum atomic E-state index is -0.179. The molecule has 2 rings (SSSR count). The lowest BCUT2D eigenvalue weighted by molar-refractivity contribution is -0.110. The van der Waals surface area contributed by atoms with Crippen LogP contribution in [0, 0.1) is 5.92 Å². The van der Waals surface area contributed by atoms with Gasteiger partial charge in [-0.15, -0.1) is 0 Å². The number of aliphatic hydroxyl groups excluding tert-OH is 1. The van der Waals surface area contributed by atoms with Crippen LogP contribution in [0.2, 0.25) is 0 Å². The predicted octanol–water partition coefficient (Wildman–Crippen LogP) is 1.46. The molecule has 0 amide bonds. The number of benzene rings is 1. The molecular formula is C13H17NO2. The molecule has 0 saturated carbocycles. The second-order valence-electron chi connectivity index (χ2n) is 4.24. The maximum atomic E-state index is 11.2. The van der Waals surface area contributed by atoms with Gasteiger partial charge in [0.15, 0.2) is 0 Å². The SMILES string of the molecule is O=CC1C(CO)CCCN1c1ccccc1. The Labute approximate surface area is 95.7 Å². The molecule has 86 valence electrons. The zero-order valence-electron chi connectivity index (χ0n) is 9.25. The second-order valence-corrected chi connectivity index (χ2v) is 4.24. The number of hydrogen-bond acceptors (Lipinski definition) is 3. The highest BCUT2D eigenvalue weighted by Gasteiger charge is 2.30. The van der Waals surface area contributed by atoms with Crippen molar-refractivity contribution < 1.29 is 9.90 Å². The summed E-state index contributed by atoms with van der Waals surface area (Å²) in [7, 11) is 0. The lowest BCUT2D eigenvalue weighted by atomic mass is 9.90. The smallest absolute Gasteiger partial charge is 0.142 e. The Morgan fingerprint density at radius 1 is 1.38 bits per heavy atom. The van der Waals surface area contributed by atoms with Crippen LogP contribution in [0.5, 0.6) is 0 Å². The van der Waals surface area contributed by atoms with E-state index in [0.29, 0.717) is 0 Å². The molecule has 1 aliphatic rings. The molecule has 0 bridgehead atoms. The first-order valence-corrected chi connectivity index (χ1v) is 5.74. The van der Waals surface area contributed by atoms with Gasteiger partial charge in [0.05, 0.1) is 6.04 Å². The highest BCUT2D eigenvalue weighted by molar-refractivity contribution is 5.67. The highest BCUT2D eigenvalue weighted by Crippen LogP contribution is 2.27. The van der Waals surface area contributed by atoms with Gasteiger partial charge < -0.3 is 14.8 Å². The largest absolute Gasteiger partial charge is 0.396 e. The monoisotopic (exact) mass is 219 g/mol.